The summed E-state index contributed by atoms with van der Waals surface area (Å²) in [7, 11) is 0. The van der Waals surface area contributed by atoms with E-state index in [9.17, 15) is 4.79 Å². The Bertz CT molecular complexity index is 638. The average Bonchev–Trinajstić information content (AvgIpc) is 2.98. The van der Waals surface area contributed by atoms with Gasteiger partial charge < -0.3 is 5.11 Å². The van der Waals surface area contributed by atoms with E-state index in [0.29, 0.717) is 0 Å². The lowest BCUT2D eigenvalue weighted by atomic mass is 9.97. The standard InChI is InChI=1S/C16H17N3O2/c1-10-2-4-11(5-3-10)12-6-8-13(9-7-12)14-15(16(20)21)18-19-17-14/h2-9,14-15,17-19H,1H3,(H,20,21). The Labute approximate surface area is 122 Å². The highest BCUT2D eigenvalue weighted by molar-refractivity contribution is 5.75. The smallest absolute Gasteiger partial charge is 0.324 e. The van der Waals surface area contributed by atoms with Crippen molar-refractivity contribution in [3.05, 3.63) is 59.7 Å². The summed E-state index contributed by atoms with van der Waals surface area (Å²) in [4.78, 5) is 11.2. The first kappa shape index (κ1) is 13.8. The van der Waals surface area contributed by atoms with Crippen LogP contribution in [-0.4, -0.2) is 17.1 Å². The molecule has 1 heterocycles. The highest BCUT2D eigenvalue weighted by Gasteiger charge is 2.33. The molecule has 21 heavy (non-hydrogen) atoms. The summed E-state index contributed by atoms with van der Waals surface area (Å²) in [5.74, 6) is -0.889. The van der Waals surface area contributed by atoms with Crippen LogP contribution in [0.25, 0.3) is 11.1 Å². The second-order valence-corrected chi connectivity index (χ2v) is 5.20. The Morgan fingerprint density at radius 3 is 2.10 bits per heavy atom. The molecule has 0 spiro atoms. The van der Waals surface area contributed by atoms with Gasteiger partial charge in [0.2, 0.25) is 0 Å². The zero-order valence-corrected chi connectivity index (χ0v) is 11.6. The molecule has 108 valence electrons. The van der Waals surface area contributed by atoms with Crippen LogP contribution >= 0.6 is 0 Å². The number of aliphatic carboxylic acids is 1. The molecule has 1 aliphatic rings. The average molecular weight is 283 g/mol. The van der Waals surface area contributed by atoms with Crippen LogP contribution in [-0.2, 0) is 4.79 Å². The van der Waals surface area contributed by atoms with Crippen LogP contribution in [0.4, 0.5) is 0 Å². The van der Waals surface area contributed by atoms with Crippen molar-refractivity contribution in [3.8, 4) is 11.1 Å². The summed E-state index contributed by atoms with van der Waals surface area (Å²) >= 11 is 0. The molecule has 0 radical (unpaired) electrons. The van der Waals surface area contributed by atoms with E-state index in [-0.39, 0.29) is 6.04 Å². The number of carbonyl (C=O) groups is 1. The van der Waals surface area contributed by atoms with Gasteiger partial charge >= 0.3 is 5.97 Å². The van der Waals surface area contributed by atoms with Crippen LogP contribution in [0, 0.1) is 6.92 Å². The summed E-state index contributed by atoms with van der Waals surface area (Å²) in [6, 6.07) is 15.3. The van der Waals surface area contributed by atoms with Crippen molar-refractivity contribution < 1.29 is 9.90 Å². The summed E-state index contributed by atoms with van der Waals surface area (Å²) in [5, 5.41) is 9.16. The molecule has 2 atom stereocenters. The normalized spacial score (nSPS) is 21.4. The monoisotopic (exact) mass is 283 g/mol. The third-order valence-corrected chi connectivity index (χ3v) is 3.71. The summed E-state index contributed by atoms with van der Waals surface area (Å²) < 4.78 is 0. The number of hydrazine groups is 2. The predicted octanol–water partition coefficient (Wildman–Crippen LogP) is 1.77. The third kappa shape index (κ3) is 2.80. The van der Waals surface area contributed by atoms with Gasteiger partial charge in [-0.2, -0.15) is 5.53 Å². The maximum absolute atomic E-state index is 11.2. The van der Waals surface area contributed by atoms with Crippen molar-refractivity contribution in [3.63, 3.8) is 0 Å². The van der Waals surface area contributed by atoms with E-state index in [2.05, 4.69) is 47.6 Å². The first-order chi connectivity index (χ1) is 10.1. The topological polar surface area (TPSA) is 73.4 Å². The molecule has 3 rings (SSSR count). The largest absolute Gasteiger partial charge is 0.480 e. The molecule has 0 bridgehead atoms. The number of hydrogen-bond acceptors (Lipinski definition) is 4. The van der Waals surface area contributed by atoms with Crippen LogP contribution in [0.3, 0.4) is 0 Å². The van der Waals surface area contributed by atoms with Crippen LogP contribution in [0.5, 0.6) is 0 Å². The van der Waals surface area contributed by atoms with Gasteiger partial charge in [-0.25, -0.2) is 10.9 Å². The van der Waals surface area contributed by atoms with Crippen LogP contribution in [0.1, 0.15) is 17.2 Å². The summed E-state index contributed by atoms with van der Waals surface area (Å²) in [6.45, 7) is 2.06. The molecule has 0 aromatic heterocycles. The maximum Gasteiger partial charge on any atom is 0.324 e. The molecule has 0 aliphatic carbocycles. The number of carboxylic acid groups (broad SMARTS) is 1. The summed E-state index contributed by atoms with van der Waals surface area (Å²) in [5.41, 5.74) is 12.7. The highest BCUT2D eigenvalue weighted by Crippen LogP contribution is 2.24. The maximum atomic E-state index is 11.2. The van der Waals surface area contributed by atoms with Crippen molar-refractivity contribution in [2.45, 2.75) is 19.0 Å². The Hall–Kier alpha value is -2.21. The minimum atomic E-state index is -0.889. The lowest BCUT2D eigenvalue weighted by Crippen LogP contribution is -2.38. The van der Waals surface area contributed by atoms with Crippen molar-refractivity contribution in [2.24, 2.45) is 0 Å². The molecular formula is C16H17N3O2. The molecular weight excluding hydrogens is 266 g/mol. The number of hydrogen-bond donors (Lipinski definition) is 4. The van der Waals surface area contributed by atoms with Gasteiger partial charge in [0, 0.05) is 0 Å². The van der Waals surface area contributed by atoms with Crippen LogP contribution in [0.15, 0.2) is 48.5 Å². The van der Waals surface area contributed by atoms with Crippen molar-refractivity contribution in [1.29, 1.82) is 0 Å². The number of nitrogens with one attached hydrogen (secondary N) is 3. The first-order valence-corrected chi connectivity index (χ1v) is 6.81. The Morgan fingerprint density at radius 2 is 1.52 bits per heavy atom. The zero-order chi connectivity index (χ0) is 14.8. The molecule has 0 saturated carbocycles. The van der Waals surface area contributed by atoms with Gasteiger partial charge in [-0.3, -0.25) is 4.79 Å². The molecule has 2 aromatic carbocycles. The van der Waals surface area contributed by atoms with E-state index in [1.54, 1.807) is 0 Å². The van der Waals surface area contributed by atoms with Gasteiger partial charge in [-0.1, -0.05) is 54.1 Å². The molecule has 1 aliphatic heterocycles. The van der Waals surface area contributed by atoms with E-state index in [1.165, 1.54) is 5.56 Å². The van der Waals surface area contributed by atoms with Gasteiger partial charge in [0.05, 0.1) is 6.04 Å². The van der Waals surface area contributed by atoms with E-state index < -0.39 is 12.0 Å². The number of aryl methyl sites for hydroxylation is 1. The highest BCUT2D eigenvalue weighted by atomic mass is 16.4. The van der Waals surface area contributed by atoms with Crippen LogP contribution < -0.4 is 16.4 Å². The second kappa shape index (κ2) is 5.65. The fourth-order valence-electron chi connectivity index (χ4n) is 2.47. The molecule has 0 amide bonds. The molecule has 2 unspecified atom stereocenters. The van der Waals surface area contributed by atoms with E-state index >= 15 is 0 Å². The number of benzene rings is 2. The second-order valence-electron chi connectivity index (χ2n) is 5.20. The van der Waals surface area contributed by atoms with E-state index in [4.69, 9.17) is 5.11 Å². The molecule has 2 aromatic rings. The van der Waals surface area contributed by atoms with Gasteiger partial charge in [0.15, 0.2) is 0 Å². The Morgan fingerprint density at radius 1 is 0.952 bits per heavy atom. The lowest BCUT2D eigenvalue weighted by molar-refractivity contribution is -0.139. The number of rotatable bonds is 3. The van der Waals surface area contributed by atoms with Gasteiger partial charge in [0.25, 0.3) is 0 Å². The minimum Gasteiger partial charge on any atom is -0.480 e. The van der Waals surface area contributed by atoms with E-state index in [0.717, 1.165) is 16.7 Å². The molecule has 1 saturated heterocycles. The molecule has 4 N–H and O–H groups in total. The van der Waals surface area contributed by atoms with Gasteiger partial charge in [-0.15, -0.1) is 0 Å². The van der Waals surface area contributed by atoms with Crippen molar-refractivity contribution in [1.82, 2.24) is 16.4 Å². The Kier molecular flexibility index (Phi) is 3.70. The fraction of sp³-hybridized carbons (Fsp3) is 0.188. The first-order valence-electron chi connectivity index (χ1n) is 6.81. The lowest BCUT2D eigenvalue weighted by Gasteiger charge is -2.15. The molecule has 5 heteroatoms. The van der Waals surface area contributed by atoms with Gasteiger partial charge in [-0.05, 0) is 23.6 Å². The van der Waals surface area contributed by atoms with E-state index in [1.807, 2.05) is 24.3 Å². The zero-order valence-electron chi connectivity index (χ0n) is 11.6. The Balaban J connectivity index is 1.84. The predicted molar refractivity (Wildman–Crippen MR) is 80.2 cm³/mol. The molecule has 1 fully saturated rings. The molecule has 5 nitrogen and oxygen atoms in total. The van der Waals surface area contributed by atoms with Gasteiger partial charge in [0.1, 0.15) is 6.04 Å². The van der Waals surface area contributed by atoms with Crippen LogP contribution in [0.2, 0.25) is 0 Å². The summed E-state index contributed by atoms with van der Waals surface area (Å²) in [6.07, 6.45) is 0. The number of carboxylic acids is 1. The minimum absolute atomic E-state index is 0.297. The SMILES string of the molecule is Cc1ccc(-c2ccc(C3NNNC3C(=O)O)cc2)cc1. The third-order valence-electron chi connectivity index (χ3n) is 3.71. The quantitative estimate of drug-likeness (QED) is 0.691. The van der Waals surface area contributed by atoms with Crippen molar-refractivity contribution >= 4 is 5.97 Å². The fourth-order valence-corrected chi connectivity index (χ4v) is 2.47. The van der Waals surface area contributed by atoms with Crippen molar-refractivity contribution in [2.75, 3.05) is 0 Å².